The zero-order valence-corrected chi connectivity index (χ0v) is 15.1. The Morgan fingerprint density at radius 2 is 1.82 bits per heavy atom. The first-order valence-electron chi connectivity index (χ1n) is 9.27. The number of rotatable bonds is 3. The summed E-state index contributed by atoms with van der Waals surface area (Å²) in [6.07, 6.45) is 0.744. The van der Waals surface area contributed by atoms with Crippen LogP contribution in [0.3, 0.4) is 0 Å². The third kappa shape index (κ3) is 2.91. The van der Waals surface area contributed by atoms with Crippen LogP contribution in [0.1, 0.15) is 28.4 Å². The summed E-state index contributed by atoms with van der Waals surface area (Å²) >= 11 is 0. The number of hydrogen-bond acceptors (Lipinski definition) is 4. The quantitative estimate of drug-likeness (QED) is 0.565. The zero-order valence-electron chi connectivity index (χ0n) is 15.1. The van der Waals surface area contributed by atoms with Gasteiger partial charge in [-0.1, -0.05) is 53.7 Å². The Balaban J connectivity index is 1.46. The number of nitrogens with zero attached hydrogens (tertiary/aromatic N) is 1. The molecule has 1 aromatic heterocycles. The van der Waals surface area contributed by atoms with Crippen molar-refractivity contribution >= 4 is 16.8 Å². The Morgan fingerprint density at radius 3 is 2.71 bits per heavy atom. The maximum absolute atomic E-state index is 12.9. The first-order valence-corrected chi connectivity index (χ1v) is 9.27. The highest BCUT2D eigenvalue weighted by molar-refractivity contribution is 6.01. The third-order valence-corrected chi connectivity index (χ3v) is 5.04. The van der Waals surface area contributed by atoms with Crippen LogP contribution >= 0.6 is 0 Å². The molecule has 0 aliphatic carbocycles. The SMILES string of the molecule is O=C(N[C@@H]1CCOc2ccccc21)c1ccc2noc(-c3ccccc3)c2c1. The van der Waals surface area contributed by atoms with Crippen LogP contribution in [0.25, 0.3) is 22.2 Å². The first kappa shape index (κ1) is 16.6. The highest BCUT2D eigenvalue weighted by atomic mass is 16.5. The molecule has 0 radical (unpaired) electrons. The lowest BCUT2D eigenvalue weighted by molar-refractivity contribution is 0.0925. The molecule has 0 saturated heterocycles. The van der Waals surface area contributed by atoms with Crippen molar-refractivity contribution in [3.63, 3.8) is 0 Å². The predicted octanol–water partition coefficient (Wildman–Crippen LogP) is 4.75. The number of carbonyl (C=O) groups is 1. The number of fused-ring (bicyclic) bond motifs is 2. The fraction of sp³-hybridized carbons (Fsp3) is 0.130. The molecule has 0 saturated carbocycles. The van der Waals surface area contributed by atoms with Crippen molar-refractivity contribution in [3.05, 3.63) is 83.9 Å². The minimum absolute atomic E-state index is 0.0655. The number of nitrogens with one attached hydrogen (secondary N) is 1. The van der Waals surface area contributed by atoms with E-state index in [1.54, 1.807) is 6.07 Å². The second kappa shape index (κ2) is 6.85. The number of amides is 1. The smallest absolute Gasteiger partial charge is 0.251 e. The van der Waals surface area contributed by atoms with E-state index in [4.69, 9.17) is 9.26 Å². The fourth-order valence-electron chi connectivity index (χ4n) is 3.61. The Bertz CT molecular complexity index is 1150. The van der Waals surface area contributed by atoms with Gasteiger partial charge in [-0.3, -0.25) is 4.79 Å². The Morgan fingerprint density at radius 1 is 1.00 bits per heavy atom. The lowest BCUT2D eigenvalue weighted by atomic mass is 10.00. The summed E-state index contributed by atoms with van der Waals surface area (Å²) in [7, 11) is 0. The Hall–Kier alpha value is -3.60. The van der Waals surface area contributed by atoms with Crippen molar-refractivity contribution in [3.8, 4) is 17.1 Å². The van der Waals surface area contributed by atoms with Gasteiger partial charge in [0, 0.05) is 23.1 Å². The topological polar surface area (TPSA) is 64.4 Å². The first-order chi connectivity index (χ1) is 13.8. The standard InChI is InChI=1S/C23H18N2O3/c26-23(24-19-12-13-27-21-9-5-4-8-17(19)21)16-10-11-20-18(14-16)22(28-25-20)15-6-2-1-3-7-15/h1-11,14,19H,12-13H2,(H,24,26)/t19-/m1/s1. The van der Waals surface area contributed by atoms with Gasteiger partial charge in [0.25, 0.3) is 5.91 Å². The third-order valence-electron chi connectivity index (χ3n) is 5.04. The summed E-state index contributed by atoms with van der Waals surface area (Å²) < 4.78 is 11.2. The van der Waals surface area contributed by atoms with Crippen LogP contribution < -0.4 is 10.1 Å². The van der Waals surface area contributed by atoms with E-state index >= 15 is 0 Å². The van der Waals surface area contributed by atoms with Gasteiger partial charge in [-0.15, -0.1) is 0 Å². The molecule has 0 fully saturated rings. The average Bonchev–Trinajstić information content (AvgIpc) is 3.18. The largest absolute Gasteiger partial charge is 0.493 e. The molecule has 3 aromatic carbocycles. The second-order valence-corrected chi connectivity index (χ2v) is 6.81. The number of ether oxygens (including phenoxy) is 1. The lowest BCUT2D eigenvalue weighted by Crippen LogP contribution is -2.32. The van der Waals surface area contributed by atoms with Gasteiger partial charge in [0.05, 0.1) is 18.0 Å². The monoisotopic (exact) mass is 370 g/mol. The van der Waals surface area contributed by atoms with E-state index in [0.717, 1.165) is 34.2 Å². The van der Waals surface area contributed by atoms with Gasteiger partial charge >= 0.3 is 0 Å². The van der Waals surface area contributed by atoms with Crippen molar-refractivity contribution in [1.29, 1.82) is 0 Å². The average molecular weight is 370 g/mol. The van der Waals surface area contributed by atoms with Crippen LogP contribution in [0.4, 0.5) is 0 Å². The predicted molar refractivity (Wildman–Crippen MR) is 106 cm³/mol. The van der Waals surface area contributed by atoms with Crippen LogP contribution in [-0.2, 0) is 0 Å². The number of para-hydroxylation sites is 1. The molecule has 1 aliphatic rings. The van der Waals surface area contributed by atoms with Gasteiger partial charge in [-0.05, 0) is 24.3 Å². The van der Waals surface area contributed by atoms with Gasteiger partial charge in [0.1, 0.15) is 11.3 Å². The molecule has 1 amide bonds. The molecule has 4 aromatic rings. The number of aromatic nitrogens is 1. The van der Waals surface area contributed by atoms with Gasteiger partial charge in [0.2, 0.25) is 0 Å². The van der Waals surface area contributed by atoms with E-state index in [9.17, 15) is 4.79 Å². The molecule has 1 aliphatic heterocycles. The lowest BCUT2D eigenvalue weighted by Gasteiger charge is -2.26. The molecule has 5 rings (SSSR count). The maximum atomic E-state index is 12.9. The van der Waals surface area contributed by atoms with Gasteiger partial charge in [-0.25, -0.2) is 0 Å². The Labute approximate surface area is 161 Å². The fourth-order valence-corrected chi connectivity index (χ4v) is 3.61. The molecule has 28 heavy (non-hydrogen) atoms. The van der Waals surface area contributed by atoms with Crippen molar-refractivity contribution in [2.45, 2.75) is 12.5 Å². The summed E-state index contributed by atoms with van der Waals surface area (Å²) in [4.78, 5) is 12.9. The molecule has 1 atom stereocenters. The van der Waals surface area contributed by atoms with Crippen molar-refractivity contribution < 1.29 is 14.1 Å². The maximum Gasteiger partial charge on any atom is 0.251 e. The normalized spacial score (nSPS) is 15.6. The number of hydrogen-bond donors (Lipinski definition) is 1. The Kier molecular flexibility index (Phi) is 4.05. The zero-order chi connectivity index (χ0) is 18.9. The molecule has 0 unspecified atom stereocenters. The van der Waals surface area contributed by atoms with Crippen molar-refractivity contribution in [2.75, 3.05) is 6.61 Å². The number of carbonyl (C=O) groups excluding carboxylic acids is 1. The van der Waals surface area contributed by atoms with Crippen LogP contribution in [0.15, 0.2) is 77.3 Å². The van der Waals surface area contributed by atoms with Gasteiger partial charge in [-0.2, -0.15) is 0 Å². The van der Waals surface area contributed by atoms with E-state index in [-0.39, 0.29) is 11.9 Å². The van der Waals surface area contributed by atoms with E-state index in [0.29, 0.717) is 17.9 Å². The van der Waals surface area contributed by atoms with E-state index in [1.807, 2.05) is 66.7 Å². The minimum atomic E-state index is -0.121. The molecule has 138 valence electrons. The van der Waals surface area contributed by atoms with Gasteiger partial charge in [0.15, 0.2) is 5.76 Å². The van der Waals surface area contributed by atoms with Gasteiger partial charge < -0.3 is 14.6 Å². The summed E-state index contributed by atoms with van der Waals surface area (Å²) in [6, 6.07) is 23.0. The van der Waals surface area contributed by atoms with Crippen LogP contribution in [0, 0.1) is 0 Å². The van der Waals surface area contributed by atoms with Crippen LogP contribution in [0.2, 0.25) is 0 Å². The molecular formula is C23H18N2O3. The second-order valence-electron chi connectivity index (χ2n) is 6.81. The van der Waals surface area contributed by atoms with Crippen LogP contribution in [-0.4, -0.2) is 17.7 Å². The molecule has 5 heteroatoms. The van der Waals surface area contributed by atoms with E-state index < -0.39 is 0 Å². The van der Waals surface area contributed by atoms with Crippen molar-refractivity contribution in [2.24, 2.45) is 0 Å². The summed E-state index contributed by atoms with van der Waals surface area (Å²) in [5, 5.41) is 8.08. The van der Waals surface area contributed by atoms with E-state index in [1.165, 1.54) is 0 Å². The summed E-state index contributed by atoms with van der Waals surface area (Å²) in [6.45, 7) is 0.588. The number of benzene rings is 3. The molecule has 0 spiro atoms. The highest BCUT2D eigenvalue weighted by Crippen LogP contribution is 2.32. The summed E-state index contributed by atoms with van der Waals surface area (Å²) in [5.41, 5.74) is 3.25. The molecule has 5 nitrogen and oxygen atoms in total. The van der Waals surface area contributed by atoms with Crippen LogP contribution in [0.5, 0.6) is 5.75 Å². The summed E-state index contributed by atoms with van der Waals surface area (Å²) in [5.74, 6) is 1.38. The van der Waals surface area contributed by atoms with Crippen molar-refractivity contribution in [1.82, 2.24) is 10.5 Å². The van der Waals surface area contributed by atoms with E-state index in [2.05, 4.69) is 10.5 Å². The highest BCUT2D eigenvalue weighted by Gasteiger charge is 2.23. The molecule has 0 bridgehead atoms. The molecule has 1 N–H and O–H groups in total. The minimum Gasteiger partial charge on any atom is -0.493 e. The molecule has 2 heterocycles. The molecular weight excluding hydrogens is 352 g/mol.